The molecule has 0 fully saturated rings. The quantitative estimate of drug-likeness (QED) is 0.443. The molecule has 0 unspecified atom stereocenters. The van der Waals surface area contributed by atoms with E-state index in [9.17, 15) is 23.5 Å². The van der Waals surface area contributed by atoms with Gasteiger partial charge in [-0.25, -0.2) is 18.4 Å². The van der Waals surface area contributed by atoms with Crippen molar-refractivity contribution in [2.75, 3.05) is 6.61 Å². The molecule has 0 aromatic heterocycles. The van der Waals surface area contributed by atoms with Crippen molar-refractivity contribution in [1.82, 2.24) is 5.32 Å². The number of alkyl carbamates (subject to hydrolysis) is 1. The first-order valence-corrected chi connectivity index (χ1v) is 10.7. The summed E-state index contributed by atoms with van der Waals surface area (Å²) in [5, 5.41) is 11.1. The number of carboxylic acid groups (broad SMARTS) is 1. The number of hydrogen-bond donors (Lipinski definition) is 2. The van der Waals surface area contributed by atoms with Crippen LogP contribution in [0.15, 0.2) is 60.7 Å². The molecule has 0 bridgehead atoms. The van der Waals surface area contributed by atoms with Gasteiger partial charge >= 0.3 is 12.1 Å². The van der Waals surface area contributed by atoms with Crippen molar-refractivity contribution in [3.05, 3.63) is 94.0 Å². The summed E-state index contributed by atoms with van der Waals surface area (Å²) in [5.41, 5.74) is 4.27. The van der Waals surface area contributed by atoms with Crippen LogP contribution in [0.2, 0.25) is 5.02 Å². The third-order valence-electron chi connectivity index (χ3n) is 5.75. The smallest absolute Gasteiger partial charge is 0.407 e. The van der Waals surface area contributed by atoms with Crippen LogP contribution in [0.4, 0.5) is 13.6 Å². The lowest BCUT2D eigenvalue weighted by Gasteiger charge is -2.17. The molecule has 0 radical (unpaired) electrons. The standard InChI is InChI=1S/C25H20ClF2NO4/c26-22-20(27)11-9-14(23(22)28)10-12-21(24(30)31)29-25(32)33-13-19-17-7-3-1-5-15(17)16-6-2-4-8-18(16)19/h1-9,11,19,21H,10,12-13H2,(H,29,32)(H,30,31)/t21-/m0/s1. The zero-order chi connectivity index (χ0) is 23.5. The Hall–Kier alpha value is -3.45. The molecule has 5 nitrogen and oxygen atoms in total. The minimum atomic E-state index is -1.32. The van der Waals surface area contributed by atoms with Gasteiger partial charge in [-0.15, -0.1) is 0 Å². The minimum absolute atomic E-state index is 0.0361. The van der Waals surface area contributed by atoms with Crippen LogP contribution in [0.25, 0.3) is 11.1 Å². The molecule has 170 valence electrons. The topological polar surface area (TPSA) is 75.6 Å². The maximum atomic E-state index is 14.1. The lowest BCUT2D eigenvalue weighted by Crippen LogP contribution is -2.41. The number of aliphatic carboxylic acids is 1. The normalized spacial score (nSPS) is 13.2. The van der Waals surface area contributed by atoms with Gasteiger partial charge in [0.15, 0.2) is 0 Å². The SMILES string of the molecule is O=C(N[C@@H](CCc1ccc(F)c(Cl)c1F)C(=O)O)OCC1c2ccccc2-c2ccccc21. The lowest BCUT2D eigenvalue weighted by molar-refractivity contribution is -0.139. The van der Waals surface area contributed by atoms with Gasteiger partial charge in [0.05, 0.1) is 0 Å². The van der Waals surface area contributed by atoms with Crippen molar-refractivity contribution < 1.29 is 28.2 Å². The van der Waals surface area contributed by atoms with E-state index in [1.165, 1.54) is 6.07 Å². The highest BCUT2D eigenvalue weighted by atomic mass is 35.5. The van der Waals surface area contributed by atoms with Crippen molar-refractivity contribution in [3.63, 3.8) is 0 Å². The molecule has 2 N–H and O–H groups in total. The summed E-state index contributed by atoms with van der Waals surface area (Å²) in [6.45, 7) is 0.0361. The van der Waals surface area contributed by atoms with Crippen LogP contribution in [0, 0.1) is 11.6 Å². The molecule has 0 heterocycles. The van der Waals surface area contributed by atoms with Gasteiger partial charge in [0, 0.05) is 5.92 Å². The van der Waals surface area contributed by atoms with Gasteiger partial charge < -0.3 is 15.2 Å². The van der Waals surface area contributed by atoms with E-state index in [4.69, 9.17) is 16.3 Å². The number of halogens is 3. The molecule has 3 aromatic carbocycles. The van der Waals surface area contributed by atoms with Crippen LogP contribution >= 0.6 is 11.6 Å². The number of benzene rings is 3. The monoisotopic (exact) mass is 471 g/mol. The van der Waals surface area contributed by atoms with Gasteiger partial charge in [-0.2, -0.15) is 0 Å². The van der Waals surface area contributed by atoms with Gasteiger partial charge in [0.2, 0.25) is 0 Å². The number of amides is 1. The molecule has 1 aliphatic rings. The van der Waals surface area contributed by atoms with Gasteiger partial charge in [0.25, 0.3) is 0 Å². The Labute approximate surface area is 194 Å². The average Bonchev–Trinajstić information content (AvgIpc) is 3.13. The fourth-order valence-corrected chi connectivity index (χ4v) is 4.28. The number of fused-ring (bicyclic) bond motifs is 3. The molecule has 0 saturated carbocycles. The number of carbonyl (C=O) groups is 2. The van der Waals surface area contributed by atoms with Crippen molar-refractivity contribution in [2.45, 2.75) is 24.8 Å². The highest BCUT2D eigenvalue weighted by Gasteiger charge is 2.29. The van der Waals surface area contributed by atoms with Crippen molar-refractivity contribution in [1.29, 1.82) is 0 Å². The maximum Gasteiger partial charge on any atom is 0.407 e. The van der Waals surface area contributed by atoms with Crippen LogP contribution in [0.5, 0.6) is 0 Å². The number of carboxylic acids is 1. The summed E-state index contributed by atoms with van der Waals surface area (Å²) in [7, 11) is 0. The first-order valence-electron chi connectivity index (χ1n) is 10.3. The summed E-state index contributed by atoms with van der Waals surface area (Å²) in [6, 6.07) is 16.6. The van der Waals surface area contributed by atoms with E-state index in [1.807, 2.05) is 48.5 Å². The molecule has 33 heavy (non-hydrogen) atoms. The first-order chi connectivity index (χ1) is 15.9. The van der Waals surface area contributed by atoms with Crippen molar-refractivity contribution in [3.8, 4) is 11.1 Å². The Morgan fingerprint density at radius 1 is 1.00 bits per heavy atom. The second kappa shape index (κ2) is 9.58. The summed E-state index contributed by atoms with van der Waals surface area (Å²) in [4.78, 5) is 24.0. The van der Waals surface area contributed by atoms with Crippen LogP contribution in [0.1, 0.15) is 29.0 Å². The predicted molar refractivity (Wildman–Crippen MR) is 119 cm³/mol. The Morgan fingerprint density at radius 3 is 2.21 bits per heavy atom. The van der Waals surface area contributed by atoms with Crippen LogP contribution in [-0.2, 0) is 16.0 Å². The van der Waals surface area contributed by atoms with Crippen LogP contribution < -0.4 is 5.32 Å². The molecule has 4 rings (SSSR count). The highest BCUT2D eigenvalue weighted by molar-refractivity contribution is 6.30. The number of hydrogen-bond acceptors (Lipinski definition) is 3. The third-order valence-corrected chi connectivity index (χ3v) is 6.10. The fourth-order valence-electron chi connectivity index (χ4n) is 4.10. The molecular weight excluding hydrogens is 452 g/mol. The van der Waals surface area contributed by atoms with E-state index in [1.54, 1.807) is 0 Å². The van der Waals surface area contributed by atoms with Crippen LogP contribution in [-0.4, -0.2) is 29.8 Å². The van der Waals surface area contributed by atoms with Crippen molar-refractivity contribution >= 4 is 23.7 Å². The Bertz CT molecular complexity index is 1170. The van der Waals surface area contributed by atoms with E-state index < -0.39 is 34.8 Å². The zero-order valence-corrected chi connectivity index (χ0v) is 18.1. The van der Waals surface area contributed by atoms with E-state index in [0.29, 0.717) is 0 Å². The summed E-state index contributed by atoms with van der Waals surface area (Å²) in [5.74, 6) is -3.30. The van der Waals surface area contributed by atoms with Gasteiger partial charge in [-0.05, 0) is 46.7 Å². The maximum absolute atomic E-state index is 14.1. The molecule has 0 spiro atoms. The number of carbonyl (C=O) groups excluding carboxylic acids is 1. The zero-order valence-electron chi connectivity index (χ0n) is 17.4. The third kappa shape index (κ3) is 4.68. The predicted octanol–water partition coefficient (Wildman–Crippen LogP) is 5.54. The summed E-state index contributed by atoms with van der Waals surface area (Å²) < 4.78 is 32.8. The number of rotatable bonds is 7. The molecule has 0 aliphatic heterocycles. The molecule has 0 saturated heterocycles. The Kier molecular flexibility index (Phi) is 6.60. The molecular formula is C25H20ClF2NO4. The Morgan fingerprint density at radius 2 is 1.61 bits per heavy atom. The first kappa shape index (κ1) is 22.7. The van der Waals surface area contributed by atoms with E-state index in [-0.39, 0.29) is 30.9 Å². The second-order valence-corrected chi connectivity index (χ2v) is 8.11. The van der Waals surface area contributed by atoms with Crippen LogP contribution in [0.3, 0.4) is 0 Å². The fraction of sp³-hybridized carbons (Fsp3) is 0.200. The lowest BCUT2D eigenvalue weighted by atomic mass is 9.98. The van der Waals surface area contributed by atoms with Gasteiger partial charge in [-0.3, -0.25) is 0 Å². The summed E-state index contributed by atoms with van der Waals surface area (Å²) >= 11 is 5.56. The molecule has 1 aliphatic carbocycles. The Balaban J connectivity index is 1.39. The molecule has 1 atom stereocenters. The number of aryl methyl sites for hydroxylation is 1. The number of nitrogens with one attached hydrogen (secondary N) is 1. The summed E-state index contributed by atoms with van der Waals surface area (Å²) in [6.07, 6.45) is -1.08. The van der Waals surface area contributed by atoms with E-state index in [0.717, 1.165) is 28.3 Å². The van der Waals surface area contributed by atoms with E-state index >= 15 is 0 Å². The number of ether oxygens (including phenoxy) is 1. The molecule has 3 aromatic rings. The van der Waals surface area contributed by atoms with E-state index in [2.05, 4.69) is 5.32 Å². The molecule has 1 amide bonds. The second-order valence-electron chi connectivity index (χ2n) is 7.73. The van der Waals surface area contributed by atoms with Gasteiger partial charge in [-0.1, -0.05) is 66.2 Å². The largest absolute Gasteiger partial charge is 0.480 e. The minimum Gasteiger partial charge on any atom is -0.480 e. The highest BCUT2D eigenvalue weighted by Crippen LogP contribution is 2.44. The average molecular weight is 472 g/mol. The van der Waals surface area contributed by atoms with Crippen molar-refractivity contribution in [2.24, 2.45) is 0 Å². The molecule has 8 heteroatoms. The van der Waals surface area contributed by atoms with Gasteiger partial charge in [0.1, 0.15) is 29.3 Å².